The Morgan fingerprint density at radius 2 is 2.04 bits per heavy atom. The summed E-state index contributed by atoms with van der Waals surface area (Å²) in [5.74, 6) is 0.346. The monoisotopic (exact) mass is 398 g/mol. The van der Waals surface area contributed by atoms with Crippen LogP contribution in [0, 0.1) is 10.1 Å². The molecule has 0 radical (unpaired) electrons. The first-order chi connectivity index (χ1) is 13.5. The average molecular weight is 398 g/mol. The van der Waals surface area contributed by atoms with Crippen molar-refractivity contribution in [1.82, 2.24) is 0 Å². The van der Waals surface area contributed by atoms with Crippen molar-refractivity contribution in [2.75, 3.05) is 11.1 Å². The number of carbonyl (C=O) groups excluding carboxylic acids is 1. The summed E-state index contributed by atoms with van der Waals surface area (Å²) in [7, 11) is 0. The molecule has 1 amide bonds. The van der Waals surface area contributed by atoms with Gasteiger partial charge in [-0.1, -0.05) is 25.1 Å². The van der Waals surface area contributed by atoms with Crippen LogP contribution in [-0.2, 0) is 17.0 Å². The minimum Gasteiger partial charge on any atom is -0.423 e. The maximum atomic E-state index is 12.1. The second-order valence-electron chi connectivity index (χ2n) is 6.12. The van der Waals surface area contributed by atoms with Crippen LogP contribution in [0.2, 0.25) is 0 Å². The quantitative estimate of drug-likeness (QED) is 0.365. The van der Waals surface area contributed by atoms with Crippen LogP contribution in [0.4, 0.5) is 11.4 Å². The summed E-state index contributed by atoms with van der Waals surface area (Å²) in [5, 5.41) is 14.3. The van der Waals surface area contributed by atoms with Crippen molar-refractivity contribution in [2.24, 2.45) is 0 Å². The molecule has 2 aromatic carbocycles. The smallest absolute Gasteiger partial charge is 0.336 e. The summed E-state index contributed by atoms with van der Waals surface area (Å²) in [4.78, 5) is 34.2. The number of nitro benzene ring substituents is 1. The van der Waals surface area contributed by atoms with Crippen LogP contribution in [0.1, 0.15) is 18.1 Å². The second-order valence-corrected chi connectivity index (χ2v) is 7.11. The van der Waals surface area contributed by atoms with Gasteiger partial charge in [0, 0.05) is 35.0 Å². The zero-order chi connectivity index (χ0) is 20.1. The molecule has 8 heteroatoms. The fourth-order valence-corrected chi connectivity index (χ4v) is 3.58. The van der Waals surface area contributed by atoms with Crippen LogP contribution in [0.15, 0.2) is 57.7 Å². The molecule has 0 aliphatic carbocycles. The molecule has 0 unspecified atom stereocenters. The molecule has 0 aliphatic heterocycles. The number of hydrogen-bond donors (Lipinski definition) is 1. The van der Waals surface area contributed by atoms with E-state index in [4.69, 9.17) is 4.42 Å². The minimum atomic E-state index is -0.513. The Labute approximate surface area is 164 Å². The zero-order valence-electron chi connectivity index (χ0n) is 15.1. The SMILES string of the molecule is CCc1ccc2c(CSCC(=O)Nc3cccc([N+](=O)[O-])c3)cc(=O)oc2c1. The molecule has 0 saturated carbocycles. The Hall–Kier alpha value is -3.13. The Kier molecular flexibility index (Phi) is 6.10. The number of nitro groups is 1. The molecule has 0 atom stereocenters. The predicted octanol–water partition coefficient (Wildman–Crippen LogP) is 4.14. The molecule has 144 valence electrons. The van der Waals surface area contributed by atoms with Gasteiger partial charge in [-0.25, -0.2) is 4.79 Å². The first kappa shape index (κ1) is 19.6. The van der Waals surface area contributed by atoms with Gasteiger partial charge in [0.15, 0.2) is 0 Å². The van der Waals surface area contributed by atoms with Gasteiger partial charge in [-0.2, -0.15) is 0 Å². The van der Waals surface area contributed by atoms with E-state index in [2.05, 4.69) is 5.32 Å². The number of benzene rings is 2. The molecule has 1 N–H and O–H groups in total. The molecule has 3 rings (SSSR count). The van der Waals surface area contributed by atoms with E-state index in [9.17, 15) is 19.7 Å². The number of aryl methyl sites for hydroxylation is 1. The molecule has 1 heterocycles. The molecule has 0 saturated heterocycles. The van der Waals surface area contributed by atoms with Crippen molar-refractivity contribution >= 4 is 40.0 Å². The Morgan fingerprint density at radius 1 is 1.21 bits per heavy atom. The first-order valence-electron chi connectivity index (χ1n) is 8.64. The molecule has 0 fully saturated rings. The van der Waals surface area contributed by atoms with Crippen LogP contribution >= 0.6 is 11.8 Å². The van der Waals surface area contributed by atoms with Crippen molar-refractivity contribution in [3.05, 3.63) is 80.2 Å². The van der Waals surface area contributed by atoms with Crippen molar-refractivity contribution in [2.45, 2.75) is 19.1 Å². The van der Waals surface area contributed by atoms with Crippen molar-refractivity contribution in [3.8, 4) is 0 Å². The lowest BCUT2D eigenvalue weighted by molar-refractivity contribution is -0.384. The highest BCUT2D eigenvalue weighted by Crippen LogP contribution is 2.23. The highest BCUT2D eigenvalue weighted by molar-refractivity contribution is 7.99. The van der Waals surface area contributed by atoms with Gasteiger partial charge in [-0.05, 0) is 29.7 Å². The fraction of sp³-hybridized carbons (Fsp3) is 0.200. The third-order valence-electron chi connectivity index (χ3n) is 4.13. The van der Waals surface area contributed by atoms with E-state index in [1.807, 2.05) is 25.1 Å². The van der Waals surface area contributed by atoms with Crippen LogP contribution in [-0.4, -0.2) is 16.6 Å². The van der Waals surface area contributed by atoms with Crippen LogP contribution in [0.3, 0.4) is 0 Å². The number of amides is 1. The third kappa shape index (κ3) is 4.77. The van der Waals surface area contributed by atoms with Crippen molar-refractivity contribution < 1.29 is 14.1 Å². The normalized spacial score (nSPS) is 10.8. The number of nitrogens with zero attached hydrogens (tertiary/aromatic N) is 1. The fourth-order valence-electron chi connectivity index (χ4n) is 2.76. The molecule has 1 aromatic heterocycles. The topological polar surface area (TPSA) is 102 Å². The number of hydrogen-bond acceptors (Lipinski definition) is 6. The Balaban J connectivity index is 1.65. The number of thioether (sulfide) groups is 1. The minimum absolute atomic E-state index is 0.0839. The largest absolute Gasteiger partial charge is 0.423 e. The number of fused-ring (bicyclic) bond motifs is 1. The van der Waals surface area contributed by atoms with E-state index in [1.54, 1.807) is 6.07 Å². The van der Waals surface area contributed by atoms with Gasteiger partial charge in [0.1, 0.15) is 5.58 Å². The number of anilines is 1. The molecule has 0 spiro atoms. The van der Waals surface area contributed by atoms with E-state index in [0.29, 0.717) is 17.0 Å². The summed E-state index contributed by atoms with van der Waals surface area (Å²) >= 11 is 1.35. The number of nitrogens with one attached hydrogen (secondary N) is 1. The summed E-state index contributed by atoms with van der Waals surface area (Å²) in [5.41, 5.74) is 2.30. The third-order valence-corrected chi connectivity index (χ3v) is 5.12. The highest BCUT2D eigenvalue weighted by Gasteiger charge is 2.10. The molecule has 0 aliphatic rings. The van der Waals surface area contributed by atoms with Crippen molar-refractivity contribution in [3.63, 3.8) is 0 Å². The molecule has 7 nitrogen and oxygen atoms in total. The second kappa shape index (κ2) is 8.71. The number of rotatable bonds is 7. The zero-order valence-corrected chi connectivity index (χ0v) is 16.0. The Morgan fingerprint density at radius 3 is 2.79 bits per heavy atom. The van der Waals surface area contributed by atoms with Gasteiger partial charge in [0.25, 0.3) is 5.69 Å². The Bertz CT molecular complexity index is 1090. The highest BCUT2D eigenvalue weighted by atomic mass is 32.2. The van der Waals surface area contributed by atoms with E-state index in [-0.39, 0.29) is 17.3 Å². The van der Waals surface area contributed by atoms with Gasteiger partial charge >= 0.3 is 5.63 Å². The molecular formula is C20H18N2O5S. The lowest BCUT2D eigenvalue weighted by Gasteiger charge is -2.07. The summed E-state index contributed by atoms with van der Waals surface area (Å²) < 4.78 is 5.28. The van der Waals surface area contributed by atoms with E-state index < -0.39 is 10.5 Å². The summed E-state index contributed by atoms with van der Waals surface area (Å²) in [6.45, 7) is 2.03. The van der Waals surface area contributed by atoms with E-state index in [0.717, 1.165) is 22.9 Å². The van der Waals surface area contributed by atoms with Gasteiger partial charge < -0.3 is 9.73 Å². The standard InChI is InChI=1S/C20H18N2O5S/c1-2-13-6-7-17-14(9-20(24)27-18(17)8-13)11-28-12-19(23)21-15-4-3-5-16(10-15)22(25)26/h3-10H,2,11-12H2,1H3,(H,21,23). The van der Waals surface area contributed by atoms with Crippen molar-refractivity contribution in [1.29, 1.82) is 0 Å². The van der Waals surface area contributed by atoms with Crippen LogP contribution in [0.25, 0.3) is 11.0 Å². The van der Waals surface area contributed by atoms with Gasteiger partial charge in [0.2, 0.25) is 5.91 Å². The molecule has 28 heavy (non-hydrogen) atoms. The number of non-ortho nitro benzene ring substituents is 1. The van der Waals surface area contributed by atoms with Gasteiger partial charge in [0.05, 0.1) is 10.7 Å². The predicted molar refractivity (Wildman–Crippen MR) is 110 cm³/mol. The number of carbonyl (C=O) groups is 1. The summed E-state index contributed by atoms with van der Waals surface area (Å²) in [6.07, 6.45) is 0.844. The van der Waals surface area contributed by atoms with E-state index >= 15 is 0 Å². The molecular weight excluding hydrogens is 380 g/mol. The van der Waals surface area contributed by atoms with Gasteiger partial charge in [-0.3, -0.25) is 14.9 Å². The average Bonchev–Trinajstić information content (AvgIpc) is 2.67. The first-order valence-corrected chi connectivity index (χ1v) is 9.79. The van der Waals surface area contributed by atoms with Crippen LogP contribution in [0.5, 0.6) is 0 Å². The maximum Gasteiger partial charge on any atom is 0.336 e. The van der Waals surface area contributed by atoms with E-state index in [1.165, 1.54) is 36.0 Å². The lowest BCUT2D eigenvalue weighted by Crippen LogP contribution is -2.14. The van der Waals surface area contributed by atoms with Gasteiger partial charge in [-0.15, -0.1) is 11.8 Å². The maximum absolute atomic E-state index is 12.1. The summed E-state index contributed by atoms with van der Waals surface area (Å²) in [6, 6.07) is 13.0. The van der Waals surface area contributed by atoms with Crippen LogP contribution < -0.4 is 10.9 Å². The molecule has 0 bridgehead atoms. The lowest BCUT2D eigenvalue weighted by atomic mass is 10.1. The molecule has 3 aromatic rings.